The molecule has 1 aromatic heterocycles. The number of aromatic amines is 1. The molecule has 3 aromatic rings. The van der Waals surface area contributed by atoms with Crippen molar-refractivity contribution in [1.82, 2.24) is 15.1 Å². The van der Waals surface area contributed by atoms with Crippen molar-refractivity contribution in [2.24, 2.45) is 0 Å². The number of nitrogens with one attached hydrogen (secondary N) is 1. The number of likely N-dealkylation sites (tertiary alicyclic amines) is 1. The Morgan fingerprint density at radius 2 is 1.96 bits per heavy atom. The van der Waals surface area contributed by atoms with Crippen molar-refractivity contribution in [2.45, 2.75) is 25.3 Å². The van der Waals surface area contributed by atoms with Crippen molar-refractivity contribution in [3.05, 3.63) is 71.6 Å². The van der Waals surface area contributed by atoms with Gasteiger partial charge in [-0.15, -0.1) is 0 Å². The quantitative estimate of drug-likeness (QED) is 0.692. The van der Waals surface area contributed by atoms with Gasteiger partial charge in [0.15, 0.2) is 0 Å². The van der Waals surface area contributed by atoms with Crippen molar-refractivity contribution < 1.29 is 13.5 Å². The van der Waals surface area contributed by atoms with Gasteiger partial charge in [0.2, 0.25) is 0 Å². The largest absolute Gasteiger partial charge is 0.497 e. The van der Waals surface area contributed by atoms with Crippen LogP contribution < -0.4 is 4.74 Å². The predicted octanol–water partition coefficient (Wildman–Crippen LogP) is 4.74. The van der Waals surface area contributed by atoms with Crippen LogP contribution in [0.1, 0.15) is 30.0 Å². The van der Waals surface area contributed by atoms with Crippen LogP contribution in [0.25, 0.3) is 11.1 Å². The van der Waals surface area contributed by atoms with Gasteiger partial charge in [-0.3, -0.25) is 10.00 Å². The topological polar surface area (TPSA) is 41.1 Å². The number of benzene rings is 2. The third-order valence-corrected chi connectivity index (χ3v) is 5.36. The first-order valence-electron chi connectivity index (χ1n) is 9.48. The molecule has 0 bridgehead atoms. The number of halogens is 2. The lowest BCUT2D eigenvalue weighted by molar-refractivity contribution is 0.198. The Labute approximate surface area is 163 Å². The van der Waals surface area contributed by atoms with Gasteiger partial charge in [0.25, 0.3) is 0 Å². The highest BCUT2D eigenvalue weighted by Gasteiger charge is 2.27. The molecule has 1 aliphatic rings. The molecule has 1 unspecified atom stereocenters. The van der Waals surface area contributed by atoms with E-state index in [0.717, 1.165) is 43.9 Å². The van der Waals surface area contributed by atoms with Crippen LogP contribution in [-0.2, 0) is 6.54 Å². The Morgan fingerprint density at radius 3 is 2.75 bits per heavy atom. The van der Waals surface area contributed by atoms with E-state index in [2.05, 4.69) is 21.2 Å². The lowest BCUT2D eigenvalue weighted by atomic mass is 9.90. The number of rotatable bonds is 5. The molecule has 0 saturated carbocycles. The first-order valence-corrected chi connectivity index (χ1v) is 9.48. The van der Waals surface area contributed by atoms with E-state index in [1.54, 1.807) is 7.11 Å². The monoisotopic (exact) mass is 383 g/mol. The molecule has 28 heavy (non-hydrogen) atoms. The van der Waals surface area contributed by atoms with Gasteiger partial charge < -0.3 is 4.74 Å². The number of methoxy groups -OCH3 is 1. The molecule has 1 aliphatic heterocycles. The second kappa shape index (κ2) is 8.10. The van der Waals surface area contributed by atoms with E-state index < -0.39 is 11.6 Å². The number of H-pyrrole nitrogens is 1. The minimum absolute atomic E-state index is 0.00355. The molecule has 0 aliphatic carbocycles. The number of hydrogen-bond acceptors (Lipinski definition) is 3. The minimum Gasteiger partial charge on any atom is -0.497 e. The molecule has 0 radical (unpaired) electrons. The molecule has 146 valence electrons. The molecule has 0 spiro atoms. The van der Waals surface area contributed by atoms with Crippen LogP contribution in [-0.4, -0.2) is 35.3 Å². The summed E-state index contributed by atoms with van der Waals surface area (Å²) < 4.78 is 33.9. The highest BCUT2D eigenvalue weighted by molar-refractivity contribution is 5.67. The van der Waals surface area contributed by atoms with Gasteiger partial charge in [0.1, 0.15) is 17.4 Å². The molecule has 4 rings (SSSR count). The first kappa shape index (κ1) is 18.6. The minimum atomic E-state index is -0.563. The zero-order valence-corrected chi connectivity index (χ0v) is 15.8. The fraction of sp³-hybridized carbons (Fsp3) is 0.318. The highest BCUT2D eigenvalue weighted by Crippen LogP contribution is 2.35. The van der Waals surface area contributed by atoms with Crippen molar-refractivity contribution in [1.29, 1.82) is 0 Å². The molecule has 1 atom stereocenters. The summed E-state index contributed by atoms with van der Waals surface area (Å²) in [5.74, 6) is -0.133. The average Bonchev–Trinajstić information content (AvgIpc) is 3.18. The zero-order chi connectivity index (χ0) is 19.5. The number of ether oxygens (including phenoxy) is 1. The number of aromatic nitrogens is 2. The van der Waals surface area contributed by atoms with E-state index in [1.807, 2.05) is 18.2 Å². The molecule has 4 nitrogen and oxygen atoms in total. The van der Waals surface area contributed by atoms with Gasteiger partial charge in [0, 0.05) is 30.3 Å². The zero-order valence-electron chi connectivity index (χ0n) is 15.8. The first-order chi connectivity index (χ1) is 13.7. The third-order valence-electron chi connectivity index (χ3n) is 5.36. The molecular weight excluding hydrogens is 360 g/mol. The Hall–Kier alpha value is -2.73. The maximum atomic E-state index is 14.3. The Kier molecular flexibility index (Phi) is 5.39. The number of nitrogens with zero attached hydrogens (tertiary/aromatic N) is 2. The van der Waals surface area contributed by atoms with Crippen LogP contribution in [0, 0.1) is 11.6 Å². The van der Waals surface area contributed by atoms with Crippen LogP contribution in [0.4, 0.5) is 8.78 Å². The van der Waals surface area contributed by atoms with Crippen LogP contribution in [0.3, 0.4) is 0 Å². The lowest BCUT2D eigenvalue weighted by Gasteiger charge is -2.32. The van der Waals surface area contributed by atoms with Crippen molar-refractivity contribution in [2.75, 3.05) is 20.2 Å². The molecule has 1 N–H and O–H groups in total. The van der Waals surface area contributed by atoms with Crippen molar-refractivity contribution in [3.63, 3.8) is 0 Å². The van der Waals surface area contributed by atoms with E-state index in [4.69, 9.17) is 4.74 Å². The maximum absolute atomic E-state index is 14.3. The van der Waals surface area contributed by atoms with Gasteiger partial charge in [-0.1, -0.05) is 18.2 Å². The summed E-state index contributed by atoms with van der Waals surface area (Å²) in [5, 5.41) is 7.10. The summed E-state index contributed by atoms with van der Waals surface area (Å²) in [6, 6.07) is 12.0. The van der Waals surface area contributed by atoms with Crippen LogP contribution >= 0.6 is 0 Å². The molecule has 2 aromatic carbocycles. The summed E-state index contributed by atoms with van der Waals surface area (Å²) in [6.45, 7) is 2.61. The van der Waals surface area contributed by atoms with Crippen LogP contribution in [0.5, 0.6) is 5.75 Å². The van der Waals surface area contributed by atoms with E-state index in [9.17, 15) is 8.78 Å². The fourth-order valence-electron chi connectivity index (χ4n) is 4.03. The molecular formula is C22H23F2N3O. The van der Waals surface area contributed by atoms with E-state index >= 15 is 0 Å². The molecule has 0 amide bonds. The second-order valence-electron chi connectivity index (χ2n) is 7.22. The molecule has 1 fully saturated rings. The van der Waals surface area contributed by atoms with Gasteiger partial charge in [-0.2, -0.15) is 5.10 Å². The Bertz CT molecular complexity index is 936. The molecule has 1 saturated heterocycles. The van der Waals surface area contributed by atoms with Gasteiger partial charge in [-0.05, 0) is 49.2 Å². The summed E-state index contributed by atoms with van der Waals surface area (Å²) in [6.07, 6.45) is 3.50. The maximum Gasteiger partial charge on any atom is 0.134 e. The normalized spacial score (nSPS) is 17.6. The lowest BCUT2D eigenvalue weighted by Crippen LogP contribution is -2.34. The number of hydrogen-bond donors (Lipinski definition) is 1. The van der Waals surface area contributed by atoms with E-state index in [0.29, 0.717) is 5.56 Å². The van der Waals surface area contributed by atoms with Crippen molar-refractivity contribution in [3.8, 4) is 16.9 Å². The summed E-state index contributed by atoms with van der Waals surface area (Å²) in [5.41, 5.74) is 2.50. The van der Waals surface area contributed by atoms with Crippen molar-refractivity contribution >= 4 is 0 Å². The van der Waals surface area contributed by atoms with Gasteiger partial charge in [0.05, 0.1) is 18.9 Å². The van der Waals surface area contributed by atoms with Crippen LogP contribution in [0.2, 0.25) is 0 Å². The SMILES string of the molecule is COc1cccc(CN2CCCC(c3[nH]ncc3-c3c(F)cccc3F)C2)c1. The standard InChI is InChI=1S/C22H23F2N3O/c1-28-17-7-2-5-15(11-17)13-27-10-4-6-16(14-27)22-18(12-25-26-22)21-19(23)8-3-9-20(21)24/h2-3,5,7-9,11-12,16H,4,6,10,13-14H2,1H3,(H,25,26). The summed E-state index contributed by atoms with van der Waals surface area (Å²) in [7, 11) is 1.66. The smallest absolute Gasteiger partial charge is 0.134 e. The van der Waals surface area contributed by atoms with E-state index in [-0.39, 0.29) is 11.5 Å². The highest BCUT2D eigenvalue weighted by atomic mass is 19.1. The van der Waals surface area contributed by atoms with Gasteiger partial charge >= 0.3 is 0 Å². The fourth-order valence-corrected chi connectivity index (χ4v) is 4.03. The van der Waals surface area contributed by atoms with Gasteiger partial charge in [-0.25, -0.2) is 8.78 Å². The van der Waals surface area contributed by atoms with E-state index in [1.165, 1.54) is 30.0 Å². The second-order valence-corrected chi connectivity index (χ2v) is 7.22. The Morgan fingerprint density at radius 1 is 1.18 bits per heavy atom. The average molecular weight is 383 g/mol. The number of piperidine rings is 1. The van der Waals surface area contributed by atoms with Crippen LogP contribution in [0.15, 0.2) is 48.7 Å². The Balaban J connectivity index is 1.55. The summed E-state index contributed by atoms with van der Waals surface area (Å²) >= 11 is 0. The predicted molar refractivity (Wildman–Crippen MR) is 104 cm³/mol. The summed E-state index contributed by atoms with van der Waals surface area (Å²) in [4.78, 5) is 2.37. The molecule has 6 heteroatoms. The molecule has 2 heterocycles. The third kappa shape index (κ3) is 3.78.